The van der Waals surface area contributed by atoms with Crippen LogP contribution in [0.5, 0.6) is 0 Å². The van der Waals surface area contributed by atoms with Crippen LogP contribution in [0, 0.1) is 0 Å². The van der Waals surface area contributed by atoms with E-state index in [4.69, 9.17) is 0 Å². The second-order valence-corrected chi connectivity index (χ2v) is 7.68. The van der Waals surface area contributed by atoms with Gasteiger partial charge in [0.25, 0.3) is 5.56 Å². The number of rotatable bonds is 2. The van der Waals surface area contributed by atoms with E-state index >= 15 is 0 Å². The highest BCUT2D eigenvalue weighted by Gasteiger charge is 2.30. The number of halogens is 3. The van der Waals surface area contributed by atoms with Crippen LogP contribution in [-0.2, 0) is 26.2 Å². The molecule has 0 atom stereocenters. The molecule has 3 heterocycles. The molecule has 0 bridgehead atoms. The van der Waals surface area contributed by atoms with E-state index in [0.717, 1.165) is 42.5 Å². The molecule has 1 N–H and O–H groups in total. The Kier molecular flexibility index (Phi) is 4.48. The minimum absolute atomic E-state index is 0.350. The molecule has 0 spiro atoms. The molecule has 0 radical (unpaired) electrons. The second kappa shape index (κ2) is 7.09. The third-order valence-electron chi connectivity index (χ3n) is 5.85. The molecule has 0 amide bonds. The van der Waals surface area contributed by atoms with Crippen LogP contribution in [0.2, 0.25) is 0 Å². The lowest BCUT2D eigenvalue weighted by molar-refractivity contribution is -0.137. The highest BCUT2D eigenvalue weighted by Crippen LogP contribution is 2.31. The monoisotopic (exact) mass is 424 g/mol. The number of hydrogen-bond acceptors (Lipinski definition) is 3. The smallest absolute Gasteiger partial charge is 0.347 e. The van der Waals surface area contributed by atoms with Gasteiger partial charge in [0.05, 0.1) is 23.0 Å². The highest BCUT2D eigenvalue weighted by atomic mass is 19.4. The van der Waals surface area contributed by atoms with Gasteiger partial charge in [-0.3, -0.25) is 4.79 Å². The molecule has 1 aliphatic heterocycles. The van der Waals surface area contributed by atoms with Gasteiger partial charge in [0.15, 0.2) is 0 Å². The molecular weight excluding hydrogens is 405 g/mol. The average Bonchev–Trinajstić information content (AvgIpc) is 3.05. The normalized spacial score (nSPS) is 14.1. The number of nitrogens with one attached hydrogen (secondary N) is 1. The summed E-state index contributed by atoms with van der Waals surface area (Å²) in [5, 5.41) is 8.82. The molecule has 0 fully saturated rings. The number of nitrogens with zero attached hydrogens (tertiary/aromatic N) is 3. The van der Waals surface area contributed by atoms with E-state index in [0.29, 0.717) is 16.8 Å². The molecule has 4 aromatic rings. The van der Waals surface area contributed by atoms with Gasteiger partial charge in [-0.25, -0.2) is 0 Å². The average molecular weight is 424 g/mol. The summed E-state index contributed by atoms with van der Waals surface area (Å²) < 4.78 is 41.8. The quantitative estimate of drug-likeness (QED) is 0.528. The third kappa shape index (κ3) is 3.33. The zero-order chi connectivity index (χ0) is 21.8. The molecule has 0 saturated heterocycles. The van der Waals surface area contributed by atoms with E-state index < -0.39 is 11.7 Å². The maximum Gasteiger partial charge on any atom is 0.416 e. The van der Waals surface area contributed by atoms with Gasteiger partial charge in [-0.05, 0) is 35.4 Å². The van der Waals surface area contributed by atoms with Crippen molar-refractivity contribution in [3.8, 4) is 16.8 Å². The summed E-state index contributed by atoms with van der Waals surface area (Å²) in [4.78, 5) is 12.8. The Morgan fingerprint density at radius 1 is 1.03 bits per heavy atom. The summed E-state index contributed by atoms with van der Waals surface area (Å²) in [7, 11) is 2.03. The van der Waals surface area contributed by atoms with Gasteiger partial charge in [0.1, 0.15) is 0 Å². The van der Waals surface area contributed by atoms with Crippen molar-refractivity contribution in [2.45, 2.75) is 19.1 Å². The summed E-state index contributed by atoms with van der Waals surface area (Å²) in [5.41, 5.74) is 4.15. The summed E-state index contributed by atoms with van der Waals surface area (Å²) in [6.07, 6.45) is -1.95. The minimum atomic E-state index is -4.40. The minimum Gasteiger partial charge on any atom is -0.347 e. The first-order valence-corrected chi connectivity index (χ1v) is 9.91. The maximum absolute atomic E-state index is 12.8. The second-order valence-electron chi connectivity index (χ2n) is 7.68. The van der Waals surface area contributed by atoms with Gasteiger partial charge in [-0.1, -0.05) is 18.2 Å². The van der Waals surface area contributed by atoms with Crippen molar-refractivity contribution in [1.29, 1.82) is 0 Å². The maximum atomic E-state index is 12.8. The fourth-order valence-electron chi connectivity index (χ4n) is 4.24. The van der Waals surface area contributed by atoms with Crippen molar-refractivity contribution in [3.63, 3.8) is 0 Å². The van der Waals surface area contributed by atoms with Crippen molar-refractivity contribution >= 4 is 10.9 Å². The fourth-order valence-corrected chi connectivity index (χ4v) is 4.24. The Bertz CT molecular complexity index is 1350. The number of aryl methyl sites for hydroxylation is 1. The summed E-state index contributed by atoms with van der Waals surface area (Å²) in [5.74, 6) is 0. The third-order valence-corrected chi connectivity index (χ3v) is 5.85. The molecule has 5 rings (SSSR count). The predicted molar refractivity (Wildman–Crippen MR) is 112 cm³/mol. The first-order valence-electron chi connectivity index (χ1n) is 9.91. The Morgan fingerprint density at radius 3 is 2.52 bits per heavy atom. The number of hydrogen-bond donors (Lipinski definition) is 1. The van der Waals surface area contributed by atoms with Crippen molar-refractivity contribution < 1.29 is 13.2 Å². The van der Waals surface area contributed by atoms with E-state index in [-0.39, 0.29) is 5.56 Å². The van der Waals surface area contributed by atoms with Crippen LogP contribution in [0.1, 0.15) is 16.8 Å². The number of benzene rings is 2. The molecule has 2 aromatic carbocycles. The van der Waals surface area contributed by atoms with E-state index in [1.54, 1.807) is 0 Å². The van der Waals surface area contributed by atoms with Gasteiger partial charge < -0.3 is 9.88 Å². The van der Waals surface area contributed by atoms with Crippen LogP contribution in [0.25, 0.3) is 27.7 Å². The van der Waals surface area contributed by atoms with Crippen LogP contribution >= 0.6 is 0 Å². The van der Waals surface area contributed by atoms with E-state index in [1.807, 2.05) is 25.2 Å². The lowest BCUT2D eigenvalue weighted by atomic mass is 10.1. The molecule has 0 unspecified atom stereocenters. The summed E-state index contributed by atoms with van der Waals surface area (Å²) >= 11 is 0. The van der Waals surface area contributed by atoms with Gasteiger partial charge in [0, 0.05) is 49.3 Å². The predicted octanol–water partition coefficient (Wildman–Crippen LogP) is 4.06. The van der Waals surface area contributed by atoms with Gasteiger partial charge in [-0.15, -0.1) is 0 Å². The molecule has 5 nitrogen and oxygen atoms in total. The SMILES string of the molecule is Cn1c2c(c3ccc(-n4ncc(-c5ccc(C(F)(F)F)cc5)cc4=O)cc31)CNCC2. The standard InChI is InChI=1S/C23H19F3N4O/c1-29-20-8-9-27-13-19(20)18-7-6-17(11-21(18)29)30-22(31)10-15(12-28-30)14-2-4-16(5-3-14)23(24,25)26/h2-7,10-12,27H,8-9,13H2,1H3. The van der Waals surface area contributed by atoms with Crippen LogP contribution in [0.4, 0.5) is 13.2 Å². The molecule has 31 heavy (non-hydrogen) atoms. The fraction of sp³-hybridized carbons (Fsp3) is 0.217. The number of alkyl halides is 3. The Labute approximate surface area is 175 Å². The van der Waals surface area contributed by atoms with E-state index in [1.165, 1.54) is 40.3 Å². The Balaban J connectivity index is 1.52. The topological polar surface area (TPSA) is 51.9 Å². The zero-order valence-electron chi connectivity index (χ0n) is 16.7. The van der Waals surface area contributed by atoms with Crippen molar-refractivity contribution in [2.24, 2.45) is 7.05 Å². The van der Waals surface area contributed by atoms with Crippen LogP contribution in [-0.4, -0.2) is 20.9 Å². The molecule has 158 valence electrons. The first-order chi connectivity index (χ1) is 14.8. The Hall–Kier alpha value is -3.39. The lowest BCUT2D eigenvalue weighted by Gasteiger charge is -2.14. The van der Waals surface area contributed by atoms with Gasteiger partial charge >= 0.3 is 6.18 Å². The van der Waals surface area contributed by atoms with Gasteiger partial charge in [-0.2, -0.15) is 23.0 Å². The van der Waals surface area contributed by atoms with Gasteiger partial charge in [0.2, 0.25) is 0 Å². The Morgan fingerprint density at radius 2 is 1.81 bits per heavy atom. The van der Waals surface area contributed by atoms with Crippen LogP contribution in [0.15, 0.2) is 59.5 Å². The lowest BCUT2D eigenvalue weighted by Crippen LogP contribution is -2.24. The van der Waals surface area contributed by atoms with Crippen LogP contribution in [0.3, 0.4) is 0 Å². The van der Waals surface area contributed by atoms with Crippen molar-refractivity contribution in [3.05, 3.63) is 81.9 Å². The largest absolute Gasteiger partial charge is 0.416 e. The van der Waals surface area contributed by atoms with E-state index in [9.17, 15) is 18.0 Å². The number of fused-ring (bicyclic) bond motifs is 3. The molecular formula is C23H19F3N4O. The van der Waals surface area contributed by atoms with Crippen molar-refractivity contribution in [2.75, 3.05) is 6.54 Å². The molecule has 0 aliphatic carbocycles. The number of aromatic nitrogens is 3. The first kappa shape index (κ1) is 19.6. The molecule has 1 aliphatic rings. The summed E-state index contributed by atoms with van der Waals surface area (Å²) in [6.45, 7) is 1.77. The summed E-state index contributed by atoms with van der Waals surface area (Å²) in [6, 6.07) is 11.9. The van der Waals surface area contributed by atoms with Crippen LogP contribution < -0.4 is 10.9 Å². The molecule has 2 aromatic heterocycles. The van der Waals surface area contributed by atoms with E-state index in [2.05, 4.69) is 15.0 Å². The zero-order valence-corrected chi connectivity index (χ0v) is 16.7. The molecule has 0 saturated carbocycles. The highest BCUT2D eigenvalue weighted by molar-refractivity contribution is 5.87. The molecule has 8 heteroatoms. The van der Waals surface area contributed by atoms with Crippen molar-refractivity contribution in [1.82, 2.24) is 19.7 Å².